The smallest absolute Gasteiger partial charge is 0.411 e. The lowest BCUT2D eigenvalue weighted by Crippen LogP contribution is -2.54. The predicted molar refractivity (Wildman–Crippen MR) is 123 cm³/mol. The zero-order valence-corrected chi connectivity index (χ0v) is 20.7. The fourth-order valence-corrected chi connectivity index (χ4v) is 6.28. The third-order valence-corrected chi connectivity index (χ3v) is 8.20. The van der Waals surface area contributed by atoms with Crippen LogP contribution in [0.4, 0.5) is 32.0 Å². The number of nitrogens with zero attached hydrogens (tertiary/aromatic N) is 2. The van der Waals surface area contributed by atoms with E-state index in [1.807, 2.05) is 0 Å². The molecule has 4 amide bonds. The first kappa shape index (κ1) is 27.5. The standard InChI is InChI=1S/C26H20F6N2O6/c1-10-7-11(3-5-16(10)35)24(25(27,28)29,26(30,31)32)12-4-6-17(36)15(8-12)34-21(38)14-9-13-18(19(14)23(34)40)22(39)33(2)20(13)37/h3-8,13-14,18-19,35-36H,9H2,1-2H3. The number of benzene rings is 2. The molecule has 3 fully saturated rings. The number of fused-ring (bicyclic) bond motifs is 3. The first-order valence-corrected chi connectivity index (χ1v) is 11.9. The number of imide groups is 2. The second-order valence-corrected chi connectivity index (χ2v) is 10.2. The minimum atomic E-state index is -6.02. The van der Waals surface area contributed by atoms with Crippen molar-refractivity contribution >= 4 is 29.3 Å². The summed E-state index contributed by atoms with van der Waals surface area (Å²) in [5.74, 6) is -9.72. The number of rotatable bonds is 3. The molecule has 0 aromatic heterocycles. The molecule has 4 unspecified atom stereocenters. The Labute approximate surface area is 221 Å². The fraction of sp³-hybridized carbons (Fsp3) is 0.385. The van der Waals surface area contributed by atoms with E-state index < -0.39 is 93.4 Å². The summed E-state index contributed by atoms with van der Waals surface area (Å²) in [5.41, 5.74) is -8.63. The molecule has 40 heavy (non-hydrogen) atoms. The van der Waals surface area contributed by atoms with E-state index in [1.165, 1.54) is 7.05 Å². The van der Waals surface area contributed by atoms with Crippen LogP contribution in [0.25, 0.3) is 0 Å². The fourth-order valence-electron chi connectivity index (χ4n) is 6.28. The topological polar surface area (TPSA) is 115 Å². The van der Waals surface area contributed by atoms with Crippen molar-refractivity contribution in [1.29, 1.82) is 0 Å². The molecule has 2 heterocycles. The molecule has 212 valence electrons. The number of phenols is 2. The monoisotopic (exact) mass is 570 g/mol. The number of hydrogen-bond acceptors (Lipinski definition) is 6. The van der Waals surface area contributed by atoms with Gasteiger partial charge in [0.25, 0.3) is 0 Å². The molecule has 2 saturated heterocycles. The van der Waals surface area contributed by atoms with Gasteiger partial charge in [0.1, 0.15) is 11.5 Å². The van der Waals surface area contributed by atoms with E-state index in [0.29, 0.717) is 35.2 Å². The van der Waals surface area contributed by atoms with Crippen LogP contribution in [0.1, 0.15) is 23.1 Å². The van der Waals surface area contributed by atoms with Crippen molar-refractivity contribution in [2.45, 2.75) is 31.1 Å². The number of amides is 4. The Balaban J connectivity index is 1.68. The summed E-state index contributed by atoms with van der Waals surface area (Å²) in [5, 5.41) is 20.2. The first-order chi connectivity index (χ1) is 18.4. The third-order valence-electron chi connectivity index (χ3n) is 8.20. The van der Waals surface area contributed by atoms with E-state index >= 15 is 0 Å². The number of aryl methyl sites for hydroxylation is 1. The molecule has 1 aliphatic carbocycles. The average Bonchev–Trinajstić information content (AvgIpc) is 3.41. The number of halogens is 6. The highest BCUT2D eigenvalue weighted by Crippen LogP contribution is 2.58. The van der Waals surface area contributed by atoms with Crippen LogP contribution in [0.3, 0.4) is 0 Å². The van der Waals surface area contributed by atoms with E-state index in [2.05, 4.69) is 0 Å². The lowest BCUT2D eigenvalue weighted by Gasteiger charge is -2.39. The Morgan fingerprint density at radius 3 is 1.77 bits per heavy atom. The minimum Gasteiger partial charge on any atom is -0.508 e. The van der Waals surface area contributed by atoms with Gasteiger partial charge in [0, 0.05) is 7.05 Å². The van der Waals surface area contributed by atoms with Gasteiger partial charge >= 0.3 is 12.4 Å². The molecule has 8 nitrogen and oxygen atoms in total. The number of carbonyl (C=O) groups excluding carboxylic acids is 4. The lowest BCUT2D eigenvalue weighted by molar-refractivity contribution is -0.288. The highest BCUT2D eigenvalue weighted by atomic mass is 19.4. The summed E-state index contributed by atoms with van der Waals surface area (Å²) in [6.45, 7) is 1.11. The van der Waals surface area contributed by atoms with E-state index in [0.717, 1.165) is 11.8 Å². The molecule has 14 heteroatoms. The molecule has 3 aliphatic rings. The van der Waals surface area contributed by atoms with E-state index in [-0.39, 0.29) is 18.1 Å². The van der Waals surface area contributed by atoms with Gasteiger partial charge in [-0.15, -0.1) is 0 Å². The molecule has 5 rings (SSSR count). The maximum absolute atomic E-state index is 14.6. The summed E-state index contributed by atoms with van der Waals surface area (Å²) in [7, 11) is 1.20. The van der Waals surface area contributed by atoms with Crippen LogP contribution in [0.5, 0.6) is 11.5 Å². The second-order valence-electron chi connectivity index (χ2n) is 10.2. The van der Waals surface area contributed by atoms with Gasteiger partial charge in [-0.25, -0.2) is 4.90 Å². The highest BCUT2D eigenvalue weighted by molar-refractivity contribution is 6.25. The van der Waals surface area contributed by atoms with Gasteiger partial charge in [0.2, 0.25) is 29.0 Å². The summed E-state index contributed by atoms with van der Waals surface area (Å²) < 4.78 is 87.7. The summed E-state index contributed by atoms with van der Waals surface area (Å²) in [6.07, 6.45) is -12.3. The zero-order chi connectivity index (χ0) is 29.7. The summed E-state index contributed by atoms with van der Waals surface area (Å²) in [4.78, 5) is 52.8. The molecule has 1 saturated carbocycles. The van der Waals surface area contributed by atoms with Crippen molar-refractivity contribution in [3.8, 4) is 11.5 Å². The van der Waals surface area contributed by atoms with Gasteiger partial charge in [-0.1, -0.05) is 18.2 Å². The van der Waals surface area contributed by atoms with Crippen molar-refractivity contribution in [3.63, 3.8) is 0 Å². The van der Waals surface area contributed by atoms with Crippen LogP contribution in [0.15, 0.2) is 36.4 Å². The Kier molecular flexibility index (Phi) is 5.80. The largest absolute Gasteiger partial charge is 0.508 e. The molecule has 4 atom stereocenters. The Morgan fingerprint density at radius 1 is 0.725 bits per heavy atom. The van der Waals surface area contributed by atoms with Gasteiger partial charge in [-0.3, -0.25) is 24.1 Å². The number of aromatic hydroxyl groups is 2. The SMILES string of the molecule is Cc1cc(C(c2ccc(O)c(N3C(=O)C4CC5C(=O)N(C)C(=O)C5C4C3=O)c2)(C(F)(F)F)C(F)(F)F)ccc1O. The van der Waals surface area contributed by atoms with Gasteiger partial charge in [-0.05, 0) is 48.2 Å². The normalized spacial score (nSPS) is 25.2. The van der Waals surface area contributed by atoms with Crippen molar-refractivity contribution in [3.05, 3.63) is 53.1 Å². The van der Waals surface area contributed by atoms with Crippen LogP contribution in [-0.2, 0) is 24.6 Å². The van der Waals surface area contributed by atoms with Gasteiger partial charge < -0.3 is 10.2 Å². The zero-order valence-electron chi connectivity index (χ0n) is 20.7. The van der Waals surface area contributed by atoms with Crippen LogP contribution < -0.4 is 4.90 Å². The molecule has 0 spiro atoms. The second kappa shape index (κ2) is 8.45. The number of anilines is 1. The van der Waals surface area contributed by atoms with Gasteiger partial charge in [0.15, 0.2) is 0 Å². The van der Waals surface area contributed by atoms with Crippen molar-refractivity contribution in [2.24, 2.45) is 23.7 Å². The molecule has 2 aromatic rings. The molecule has 2 aliphatic heterocycles. The molecule has 0 radical (unpaired) electrons. The van der Waals surface area contributed by atoms with Crippen LogP contribution >= 0.6 is 0 Å². The number of likely N-dealkylation sites (tertiary alicyclic amines) is 1. The number of carbonyl (C=O) groups is 4. The Bertz CT molecular complexity index is 1470. The van der Waals surface area contributed by atoms with E-state index in [4.69, 9.17) is 0 Å². The maximum atomic E-state index is 14.6. The number of phenolic OH excluding ortho intramolecular Hbond substituents is 2. The average molecular weight is 570 g/mol. The molecular weight excluding hydrogens is 550 g/mol. The minimum absolute atomic E-state index is 0.215. The third kappa shape index (κ3) is 3.40. The van der Waals surface area contributed by atoms with Crippen molar-refractivity contribution in [1.82, 2.24) is 4.90 Å². The summed E-state index contributed by atoms with van der Waals surface area (Å²) in [6, 6.07) is 2.85. The quantitative estimate of drug-likeness (QED) is 0.431. The maximum Gasteiger partial charge on any atom is 0.411 e. The van der Waals surface area contributed by atoms with E-state index in [1.54, 1.807) is 0 Å². The lowest BCUT2D eigenvalue weighted by atomic mass is 9.72. The van der Waals surface area contributed by atoms with Gasteiger partial charge in [0.05, 0.1) is 29.4 Å². The predicted octanol–water partition coefficient (Wildman–Crippen LogP) is 3.56. The number of hydrogen-bond donors (Lipinski definition) is 2. The van der Waals surface area contributed by atoms with Crippen LogP contribution in [-0.4, -0.2) is 58.1 Å². The first-order valence-electron chi connectivity index (χ1n) is 11.9. The molecule has 2 N–H and O–H groups in total. The molecule has 0 bridgehead atoms. The van der Waals surface area contributed by atoms with Gasteiger partial charge in [-0.2, -0.15) is 26.3 Å². The Hall–Kier alpha value is -4.10. The van der Waals surface area contributed by atoms with E-state index in [9.17, 15) is 55.7 Å². The Morgan fingerprint density at radius 2 is 1.23 bits per heavy atom. The number of alkyl halides is 6. The molecular formula is C26H20F6N2O6. The molecule has 2 aromatic carbocycles. The van der Waals surface area contributed by atoms with Crippen molar-refractivity contribution in [2.75, 3.05) is 11.9 Å². The highest BCUT2D eigenvalue weighted by Gasteiger charge is 2.73. The van der Waals surface area contributed by atoms with Crippen molar-refractivity contribution < 1.29 is 55.7 Å². The van der Waals surface area contributed by atoms with Crippen LogP contribution in [0.2, 0.25) is 0 Å². The van der Waals surface area contributed by atoms with Crippen LogP contribution in [0, 0.1) is 30.6 Å². The summed E-state index contributed by atoms with van der Waals surface area (Å²) >= 11 is 0.